The van der Waals surface area contributed by atoms with E-state index in [-0.39, 0.29) is 24.5 Å². The average Bonchev–Trinajstić information content (AvgIpc) is 3.02. The number of guanidine groups is 1. The number of carbonyl (C=O) groups excluding carboxylic acids is 2. The molecule has 134 valence electrons. The Hall–Kier alpha value is -2.55. The zero-order valence-corrected chi connectivity index (χ0v) is 16.2. The molecule has 0 spiro atoms. The van der Waals surface area contributed by atoms with Gasteiger partial charge in [-0.05, 0) is 31.5 Å². The standard InChI is InChI=1S/C17H17BrN6O2/c1-9-10(2)24-13-14(19-16(24)21-20-9)22(3)17(26)23(15(13)25)8-11-4-6-12(18)7-5-11/h4-7,10,13H,8H2,1-3H3/p+1. The van der Waals surface area contributed by atoms with Crippen LogP contribution in [0.2, 0.25) is 0 Å². The Labute approximate surface area is 159 Å². The first-order valence-electron chi connectivity index (χ1n) is 8.26. The van der Waals surface area contributed by atoms with Crippen molar-refractivity contribution < 1.29 is 14.2 Å². The maximum atomic E-state index is 13.2. The molecule has 3 aliphatic heterocycles. The van der Waals surface area contributed by atoms with Crippen LogP contribution in [0.4, 0.5) is 4.79 Å². The lowest BCUT2D eigenvalue weighted by Crippen LogP contribution is -2.64. The Bertz CT molecular complexity index is 904. The number of likely N-dealkylation sites (N-methyl/N-ethyl adjacent to an activating group) is 1. The summed E-state index contributed by atoms with van der Waals surface area (Å²) in [6.07, 6.45) is 0. The van der Waals surface area contributed by atoms with Gasteiger partial charge >= 0.3 is 12.0 Å². The minimum absolute atomic E-state index is 0.0856. The quantitative estimate of drug-likeness (QED) is 0.737. The Morgan fingerprint density at radius 1 is 1.27 bits per heavy atom. The van der Waals surface area contributed by atoms with Crippen LogP contribution in [0.5, 0.6) is 0 Å². The van der Waals surface area contributed by atoms with Crippen molar-refractivity contribution in [3.63, 3.8) is 0 Å². The van der Waals surface area contributed by atoms with Crippen molar-refractivity contribution in [3.8, 4) is 0 Å². The number of halogens is 1. The number of fused-ring (bicyclic) bond motifs is 2. The summed E-state index contributed by atoms with van der Waals surface area (Å²) in [5.41, 5.74) is 4.61. The van der Waals surface area contributed by atoms with Gasteiger partial charge in [-0.25, -0.2) is 9.37 Å². The number of amidine groups is 1. The van der Waals surface area contributed by atoms with E-state index in [9.17, 15) is 9.59 Å². The van der Waals surface area contributed by atoms with Gasteiger partial charge in [0.05, 0.1) is 12.3 Å². The molecule has 0 radical (unpaired) electrons. The molecule has 0 aliphatic carbocycles. The van der Waals surface area contributed by atoms with Crippen LogP contribution in [-0.4, -0.2) is 63.0 Å². The Balaban J connectivity index is 1.68. The molecule has 1 fully saturated rings. The molecule has 0 bridgehead atoms. The average molecular weight is 418 g/mol. The molecule has 9 heteroatoms. The number of urea groups is 1. The number of nitrogens with zero attached hydrogens (tertiary/aromatic N) is 5. The van der Waals surface area contributed by atoms with E-state index in [1.165, 1.54) is 9.80 Å². The SMILES string of the molecule is CC1=NNC2=[N+](C1C)C1C(=O)N(Cc3ccc(Br)cc3)C(=O)N(C)C1=N2. The highest BCUT2D eigenvalue weighted by molar-refractivity contribution is 9.10. The van der Waals surface area contributed by atoms with Gasteiger partial charge in [0.2, 0.25) is 11.9 Å². The number of hydrogen-bond donors (Lipinski definition) is 1. The van der Waals surface area contributed by atoms with Crippen LogP contribution < -0.4 is 5.43 Å². The van der Waals surface area contributed by atoms with Gasteiger partial charge in [-0.1, -0.05) is 33.1 Å². The first-order chi connectivity index (χ1) is 12.4. The highest BCUT2D eigenvalue weighted by Gasteiger charge is 2.54. The van der Waals surface area contributed by atoms with Crippen molar-refractivity contribution in [2.45, 2.75) is 32.5 Å². The van der Waals surface area contributed by atoms with Crippen molar-refractivity contribution in [2.75, 3.05) is 7.05 Å². The lowest BCUT2D eigenvalue weighted by molar-refractivity contribution is -0.555. The molecule has 1 saturated heterocycles. The minimum Gasteiger partial charge on any atom is -0.270 e. The first-order valence-corrected chi connectivity index (χ1v) is 9.05. The number of nitrogens with one attached hydrogen (secondary N) is 1. The van der Waals surface area contributed by atoms with Gasteiger partial charge < -0.3 is 0 Å². The van der Waals surface area contributed by atoms with Crippen molar-refractivity contribution in [1.29, 1.82) is 0 Å². The molecule has 3 heterocycles. The number of rotatable bonds is 2. The second-order valence-corrected chi connectivity index (χ2v) is 7.45. The maximum Gasteiger partial charge on any atom is 0.414 e. The van der Waals surface area contributed by atoms with Crippen LogP contribution in [0.15, 0.2) is 38.8 Å². The fourth-order valence-electron chi connectivity index (χ4n) is 3.32. The number of imide groups is 1. The lowest BCUT2D eigenvalue weighted by Gasteiger charge is -2.35. The topological polar surface area (TPSA) is 80.4 Å². The van der Waals surface area contributed by atoms with E-state index in [0.717, 1.165) is 15.7 Å². The van der Waals surface area contributed by atoms with Crippen molar-refractivity contribution in [1.82, 2.24) is 15.2 Å². The molecule has 0 aromatic heterocycles. The number of amides is 3. The van der Waals surface area contributed by atoms with Gasteiger partial charge in [-0.2, -0.15) is 5.43 Å². The number of carbonyl (C=O) groups is 2. The van der Waals surface area contributed by atoms with Crippen molar-refractivity contribution in [2.24, 2.45) is 10.1 Å². The van der Waals surface area contributed by atoms with Crippen LogP contribution >= 0.6 is 15.9 Å². The van der Waals surface area contributed by atoms with Crippen LogP contribution in [-0.2, 0) is 11.3 Å². The number of hydrazone groups is 1. The van der Waals surface area contributed by atoms with E-state index < -0.39 is 6.04 Å². The van der Waals surface area contributed by atoms with Gasteiger partial charge in [-0.15, -0.1) is 5.10 Å². The summed E-state index contributed by atoms with van der Waals surface area (Å²) in [6.45, 7) is 4.09. The second-order valence-electron chi connectivity index (χ2n) is 6.54. The molecule has 3 amide bonds. The lowest BCUT2D eigenvalue weighted by atomic mass is 10.1. The van der Waals surface area contributed by atoms with E-state index in [1.54, 1.807) is 7.05 Å². The van der Waals surface area contributed by atoms with Crippen LogP contribution in [0.1, 0.15) is 19.4 Å². The second kappa shape index (κ2) is 6.01. The molecule has 1 aromatic rings. The number of hydrogen-bond acceptors (Lipinski definition) is 5. The predicted octanol–water partition coefficient (Wildman–Crippen LogP) is 1.36. The van der Waals surface area contributed by atoms with E-state index in [2.05, 4.69) is 31.4 Å². The third-order valence-electron chi connectivity index (χ3n) is 4.96. The smallest absolute Gasteiger partial charge is 0.270 e. The summed E-state index contributed by atoms with van der Waals surface area (Å²) in [4.78, 5) is 33.1. The summed E-state index contributed by atoms with van der Waals surface area (Å²) in [5.74, 6) is 0.668. The monoisotopic (exact) mass is 417 g/mol. The Morgan fingerprint density at radius 3 is 2.65 bits per heavy atom. The molecule has 26 heavy (non-hydrogen) atoms. The summed E-state index contributed by atoms with van der Waals surface area (Å²) >= 11 is 3.39. The van der Waals surface area contributed by atoms with E-state index >= 15 is 0 Å². The molecular formula is C17H18BrN6O2+. The molecule has 4 rings (SSSR count). The normalized spacial score (nSPS) is 24.9. The van der Waals surface area contributed by atoms with Gasteiger partial charge in [0.1, 0.15) is 6.04 Å². The summed E-state index contributed by atoms with van der Waals surface area (Å²) in [7, 11) is 1.65. The predicted molar refractivity (Wildman–Crippen MR) is 100 cm³/mol. The van der Waals surface area contributed by atoms with Crippen molar-refractivity contribution in [3.05, 3.63) is 34.3 Å². The van der Waals surface area contributed by atoms with E-state index in [4.69, 9.17) is 0 Å². The molecule has 3 aliphatic rings. The minimum atomic E-state index is -0.629. The molecule has 2 atom stereocenters. The van der Waals surface area contributed by atoms with Crippen molar-refractivity contribution >= 4 is 45.4 Å². The van der Waals surface area contributed by atoms with Gasteiger partial charge in [0.25, 0.3) is 5.91 Å². The summed E-state index contributed by atoms with van der Waals surface area (Å²) in [5, 5.41) is 4.22. The summed E-state index contributed by atoms with van der Waals surface area (Å²) < 4.78 is 2.83. The molecule has 8 nitrogen and oxygen atoms in total. The zero-order chi connectivity index (χ0) is 18.6. The molecule has 2 unspecified atom stereocenters. The Morgan fingerprint density at radius 2 is 1.96 bits per heavy atom. The highest BCUT2D eigenvalue weighted by atomic mass is 79.9. The summed E-state index contributed by atoms with van der Waals surface area (Å²) in [6, 6.07) is 6.48. The zero-order valence-electron chi connectivity index (χ0n) is 14.6. The van der Waals surface area contributed by atoms with Gasteiger partial charge in [0.15, 0.2) is 0 Å². The molecular weight excluding hydrogens is 400 g/mol. The highest BCUT2D eigenvalue weighted by Crippen LogP contribution is 2.24. The fourth-order valence-corrected chi connectivity index (χ4v) is 3.59. The molecule has 1 N–H and O–H groups in total. The maximum absolute atomic E-state index is 13.2. The van der Waals surface area contributed by atoms with Crippen LogP contribution in [0.3, 0.4) is 0 Å². The first kappa shape index (κ1) is 16.9. The number of aliphatic imine (C=N–C) groups is 1. The number of benzene rings is 1. The van der Waals surface area contributed by atoms with Crippen LogP contribution in [0, 0.1) is 0 Å². The largest absolute Gasteiger partial charge is 0.414 e. The van der Waals surface area contributed by atoms with Gasteiger partial charge in [-0.3, -0.25) is 14.6 Å². The van der Waals surface area contributed by atoms with E-state index in [1.807, 2.05) is 42.7 Å². The fraction of sp³-hybridized carbons (Fsp3) is 0.353. The van der Waals surface area contributed by atoms with Gasteiger partial charge in [0, 0.05) is 11.5 Å². The van der Waals surface area contributed by atoms with Crippen LogP contribution in [0.25, 0.3) is 0 Å². The Kier molecular flexibility index (Phi) is 3.91. The third kappa shape index (κ3) is 2.45. The molecule has 0 saturated carbocycles. The molecule has 1 aromatic carbocycles. The van der Waals surface area contributed by atoms with E-state index in [0.29, 0.717) is 11.8 Å². The third-order valence-corrected chi connectivity index (χ3v) is 5.49.